The first-order valence-corrected chi connectivity index (χ1v) is 14.0. The molecule has 0 radical (unpaired) electrons. The predicted molar refractivity (Wildman–Crippen MR) is 138 cm³/mol. The van der Waals surface area contributed by atoms with Gasteiger partial charge < -0.3 is 41.5 Å². The number of nitrogens with one attached hydrogen (secondary N) is 2. The van der Waals surface area contributed by atoms with Crippen molar-refractivity contribution in [2.24, 2.45) is 5.73 Å². The standard InChI is InChI=1S/C26H51N3O7/c27-17-18-28-21(31)15-13-11-9-7-5-3-1-2-4-6-8-10-12-14-16-22(32)29-26-25(35)24(34)23(33)20(19-30)36-26/h20,23-26,30,33-35H,1-19,27H2,(H,28,31)(H,29,32)/t20-,23-,24+,25-,26-/m1/s1. The number of unbranched alkanes of at least 4 members (excludes halogenated alkanes) is 13. The molecule has 0 unspecified atom stereocenters. The number of rotatable bonds is 21. The van der Waals surface area contributed by atoms with Gasteiger partial charge >= 0.3 is 0 Å². The van der Waals surface area contributed by atoms with Crippen LogP contribution in [-0.2, 0) is 14.3 Å². The molecule has 10 heteroatoms. The Bertz CT molecular complexity index is 580. The van der Waals surface area contributed by atoms with Crippen LogP contribution < -0.4 is 16.4 Å². The lowest BCUT2D eigenvalue weighted by atomic mass is 9.98. The van der Waals surface area contributed by atoms with Gasteiger partial charge in [-0.2, -0.15) is 0 Å². The number of amides is 2. The fraction of sp³-hybridized carbons (Fsp3) is 0.923. The van der Waals surface area contributed by atoms with Crippen LogP contribution in [0.15, 0.2) is 0 Å². The zero-order chi connectivity index (χ0) is 26.6. The second-order valence-corrected chi connectivity index (χ2v) is 9.91. The molecule has 212 valence electrons. The summed E-state index contributed by atoms with van der Waals surface area (Å²) in [6.07, 6.45) is 10.4. The summed E-state index contributed by atoms with van der Waals surface area (Å²) in [5.74, 6) is -0.176. The molecule has 0 aromatic carbocycles. The third kappa shape index (κ3) is 14.4. The van der Waals surface area contributed by atoms with Gasteiger partial charge in [-0.3, -0.25) is 9.59 Å². The van der Waals surface area contributed by atoms with E-state index in [9.17, 15) is 30.0 Å². The van der Waals surface area contributed by atoms with E-state index in [2.05, 4.69) is 10.6 Å². The molecule has 8 N–H and O–H groups in total. The summed E-state index contributed by atoms with van der Waals surface area (Å²) in [5.41, 5.74) is 5.36. The number of aliphatic hydroxyl groups excluding tert-OH is 4. The summed E-state index contributed by atoms with van der Waals surface area (Å²) in [4.78, 5) is 23.6. The number of ether oxygens (including phenoxy) is 1. The van der Waals surface area contributed by atoms with Gasteiger partial charge in [-0.05, 0) is 12.8 Å². The molecule has 0 saturated carbocycles. The highest BCUT2D eigenvalue weighted by atomic mass is 16.6. The molecular formula is C26H51N3O7. The van der Waals surface area contributed by atoms with E-state index < -0.39 is 37.3 Å². The van der Waals surface area contributed by atoms with Gasteiger partial charge in [-0.1, -0.05) is 77.0 Å². The first-order valence-electron chi connectivity index (χ1n) is 14.0. The first kappa shape index (κ1) is 32.7. The lowest BCUT2D eigenvalue weighted by Gasteiger charge is -2.40. The lowest BCUT2D eigenvalue weighted by molar-refractivity contribution is -0.236. The van der Waals surface area contributed by atoms with Gasteiger partial charge in [0.15, 0.2) is 6.23 Å². The van der Waals surface area contributed by atoms with Crippen LogP contribution in [0, 0.1) is 0 Å². The Morgan fingerprint density at radius 3 is 1.56 bits per heavy atom. The van der Waals surface area contributed by atoms with E-state index in [1.807, 2.05) is 0 Å². The molecular weight excluding hydrogens is 466 g/mol. The maximum absolute atomic E-state index is 12.1. The summed E-state index contributed by atoms with van der Waals surface area (Å²) in [7, 11) is 0. The summed E-state index contributed by atoms with van der Waals surface area (Å²) >= 11 is 0. The minimum atomic E-state index is -1.49. The van der Waals surface area contributed by atoms with Crippen LogP contribution in [0.3, 0.4) is 0 Å². The van der Waals surface area contributed by atoms with E-state index in [-0.39, 0.29) is 11.8 Å². The van der Waals surface area contributed by atoms with Crippen molar-refractivity contribution in [1.82, 2.24) is 10.6 Å². The number of aliphatic hydroxyl groups is 4. The normalized spacial score (nSPS) is 24.0. The number of nitrogens with two attached hydrogens (primary N) is 1. The molecule has 1 aliphatic rings. The third-order valence-corrected chi connectivity index (χ3v) is 6.72. The van der Waals surface area contributed by atoms with E-state index in [4.69, 9.17) is 10.5 Å². The Hall–Kier alpha value is -1.30. The molecule has 0 bridgehead atoms. The zero-order valence-electron chi connectivity index (χ0n) is 21.9. The van der Waals surface area contributed by atoms with Crippen molar-refractivity contribution in [3.05, 3.63) is 0 Å². The molecule has 1 rings (SSSR count). The van der Waals surface area contributed by atoms with E-state index >= 15 is 0 Å². The molecule has 0 aromatic heterocycles. The molecule has 36 heavy (non-hydrogen) atoms. The van der Waals surface area contributed by atoms with Gasteiger partial charge in [0.1, 0.15) is 24.4 Å². The summed E-state index contributed by atoms with van der Waals surface area (Å²) < 4.78 is 5.29. The van der Waals surface area contributed by atoms with Gasteiger partial charge in [0.05, 0.1) is 6.61 Å². The van der Waals surface area contributed by atoms with Crippen molar-refractivity contribution in [3.8, 4) is 0 Å². The highest BCUT2D eigenvalue weighted by Crippen LogP contribution is 2.20. The molecule has 0 spiro atoms. The summed E-state index contributed by atoms with van der Waals surface area (Å²) in [6.45, 7) is 0.538. The Morgan fingerprint density at radius 2 is 1.11 bits per heavy atom. The van der Waals surface area contributed by atoms with Crippen LogP contribution in [0.2, 0.25) is 0 Å². The smallest absolute Gasteiger partial charge is 0.222 e. The minimum Gasteiger partial charge on any atom is -0.394 e. The Morgan fingerprint density at radius 1 is 0.667 bits per heavy atom. The van der Waals surface area contributed by atoms with Crippen LogP contribution in [0.1, 0.15) is 103 Å². The number of hydrogen-bond acceptors (Lipinski definition) is 8. The molecule has 0 aliphatic carbocycles. The quantitative estimate of drug-likeness (QED) is 0.111. The van der Waals surface area contributed by atoms with Crippen molar-refractivity contribution < 1.29 is 34.8 Å². The molecule has 10 nitrogen and oxygen atoms in total. The fourth-order valence-electron chi connectivity index (χ4n) is 4.44. The average Bonchev–Trinajstić information content (AvgIpc) is 2.87. The van der Waals surface area contributed by atoms with Crippen molar-refractivity contribution in [2.45, 2.75) is 133 Å². The maximum atomic E-state index is 12.1. The van der Waals surface area contributed by atoms with Crippen LogP contribution in [0.25, 0.3) is 0 Å². The van der Waals surface area contributed by atoms with Crippen molar-refractivity contribution >= 4 is 11.8 Å². The molecule has 1 saturated heterocycles. The Labute approximate surface area is 216 Å². The largest absolute Gasteiger partial charge is 0.394 e. The fourth-order valence-corrected chi connectivity index (χ4v) is 4.44. The van der Waals surface area contributed by atoms with Crippen molar-refractivity contribution in [2.75, 3.05) is 19.7 Å². The molecule has 0 aromatic rings. The minimum absolute atomic E-state index is 0.109. The van der Waals surface area contributed by atoms with E-state index in [0.717, 1.165) is 38.5 Å². The summed E-state index contributed by atoms with van der Waals surface area (Å²) in [6, 6.07) is 0. The van der Waals surface area contributed by atoms with Crippen molar-refractivity contribution in [3.63, 3.8) is 0 Å². The third-order valence-electron chi connectivity index (χ3n) is 6.72. The van der Waals surface area contributed by atoms with E-state index in [1.54, 1.807) is 0 Å². The van der Waals surface area contributed by atoms with E-state index in [0.29, 0.717) is 25.9 Å². The molecule has 2 amide bonds. The van der Waals surface area contributed by atoms with Gasteiger partial charge in [0.25, 0.3) is 0 Å². The van der Waals surface area contributed by atoms with Gasteiger partial charge in [-0.25, -0.2) is 0 Å². The molecule has 1 fully saturated rings. The Balaban J connectivity index is 1.88. The Kier molecular flexibility index (Phi) is 18.8. The van der Waals surface area contributed by atoms with Gasteiger partial charge in [0.2, 0.25) is 11.8 Å². The summed E-state index contributed by atoms with van der Waals surface area (Å²) in [5, 5.41) is 44.0. The highest BCUT2D eigenvalue weighted by molar-refractivity contribution is 5.76. The second kappa shape index (κ2) is 20.7. The average molecular weight is 518 g/mol. The SMILES string of the molecule is NCCNC(=O)CCCCCCCCCCCCCCCCC(=O)N[C@@H]1O[C@H](CO)[C@@H](O)[C@H](O)[C@H]1O. The maximum Gasteiger partial charge on any atom is 0.222 e. The molecule has 1 aliphatic heterocycles. The molecule has 5 atom stereocenters. The van der Waals surface area contributed by atoms with Crippen molar-refractivity contribution in [1.29, 1.82) is 0 Å². The number of carbonyl (C=O) groups is 2. The number of hydrogen-bond donors (Lipinski definition) is 7. The monoisotopic (exact) mass is 517 g/mol. The van der Waals surface area contributed by atoms with Gasteiger partial charge in [0, 0.05) is 25.9 Å². The lowest BCUT2D eigenvalue weighted by Crippen LogP contribution is -2.63. The van der Waals surface area contributed by atoms with Crippen LogP contribution in [0.5, 0.6) is 0 Å². The second-order valence-electron chi connectivity index (χ2n) is 9.91. The first-order chi connectivity index (χ1) is 17.4. The van der Waals surface area contributed by atoms with Crippen LogP contribution >= 0.6 is 0 Å². The predicted octanol–water partition coefficient (Wildman–Crippen LogP) is 1.22. The van der Waals surface area contributed by atoms with Crippen LogP contribution in [-0.4, -0.2) is 82.6 Å². The zero-order valence-corrected chi connectivity index (χ0v) is 21.9. The molecule has 1 heterocycles. The van der Waals surface area contributed by atoms with E-state index in [1.165, 1.54) is 51.4 Å². The van der Waals surface area contributed by atoms with Crippen LogP contribution in [0.4, 0.5) is 0 Å². The van der Waals surface area contributed by atoms with Gasteiger partial charge in [-0.15, -0.1) is 0 Å². The number of carbonyl (C=O) groups excluding carboxylic acids is 2. The highest BCUT2D eigenvalue weighted by Gasteiger charge is 2.43. The topological polar surface area (TPSA) is 174 Å².